The molecule has 0 aromatic carbocycles. The zero-order valence-corrected chi connectivity index (χ0v) is 28.5. The van der Waals surface area contributed by atoms with Crippen LogP contribution < -0.4 is 10.6 Å². The first-order chi connectivity index (χ1) is 22.6. The molecule has 272 valence electrons. The molecule has 1 spiro atoms. The Labute approximate surface area is 283 Å². The van der Waals surface area contributed by atoms with E-state index < -0.39 is 37.2 Å². The highest BCUT2D eigenvalue weighted by Crippen LogP contribution is 2.41. The van der Waals surface area contributed by atoms with Gasteiger partial charge in [-0.15, -0.1) is 11.6 Å². The number of carbonyl (C=O) groups excluding carboxylic acids is 1. The summed E-state index contributed by atoms with van der Waals surface area (Å²) >= 11 is 6.17. The smallest absolute Gasteiger partial charge is 0.222 e. The molecule has 3 unspecified atom stereocenters. The number of halogens is 2. The first-order valence-electron chi connectivity index (χ1n) is 18.0. The normalized spacial score (nSPS) is 33.7. The molecule has 14 heteroatoms. The number of likely N-dealkylation sites (tertiary alicyclic amines) is 3. The fourth-order valence-electron chi connectivity index (χ4n) is 8.39. The van der Waals surface area contributed by atoms with Crippen LogP contribution in [0.5, 0.6) is 0 Å². The van der Waals surface area contributed by atoms with Crippen molar-refractivity contribution < 1.29 is 39.5 Å². The predicted molar refractivity (Wildman–Crippen MR) is 175 cm³/mol. The lowest BCUT2D eigenvalue weighted by molar-refractivity contribution is -0.147. The summed E-state index contributed by atoms with van der Waals surface area (Å²) in [6, 6.07) is 0. The second kappa shape index (κ2) is 17.5. The Balaban J connectivity index is 0.936. The fourth-order valence-corrected chi connectivity index (χ4v) is 8.57. The molecule has 0 aromatic heterocycles. The molecule has 1 amide bonds. The maximum absolute atomic E-state index is 15.2. The molecule has 4 aliphatic heterocycles. The molecule has 7 atom stereocenters. The second-order valence-electron chi connectivity index (χ2n) is 14.8. The summed E-state index contributed by atoms with van der Waals surface area (Å²) in [5.74, 6) is 0.431. The van der Waals surface area contributed by atoms with Gasteiger partial charge in [-0.1, -0.05) is 0 Å². The van der Waals surface area contributed by atoms with Gasteiger partial charge in [0, 0.05) is 77.3 Å². The predicted octanol–water partition coefficient (Wildman–Crippen LogP) is -0.0213. The van der Waals surface area contributed by atoms with E-state index in [-0.39, 0.29) is 48.1 Å². The monoisotopic (exact) mass is 691 g/mol. The van der Waals surface area contributed by atoms with Crippen LogP contribution in [0.1, 0.15) is 70.6 Å². The second-order valence-corrected chi connectivity index (χ2v) is 15.4. The fraction of sp³-hybridized carbons (Fsp3) is 0.970. The molecule has 47 heavy (non-hydrogen) atoms. The Morgan fingerprint density at radius 2 is 1.60 bits per heavy atom. The number of hydrogen-bond acceptors (Lipinski definition) is 11. The molecule has 0 bridgehead atoms. The number of amides is 1. The molecule has 5 aliphatic rings. The highest BCUT2D eigenvalue weighted by atomic mass is 35.5. The van der Waals surface area contributed by atoms with E-state index in [0.717, 1.165) is 71.2 Å². The Kier molecular flexibility index (Phi) is 14.0. The van der Waals surface area contributed by atoms with Gasteiger partial charge in [0.2, 0.25) is 5.91 Å². The van der Waals surface area contributed by atoms with Crippen LogP contribution in [-0.2, 0) is 9.53 Å². The summed E-state index contributed by atoms with van der Waals surface area (Å²) in [6.07, 6.45) is 1.98. The number of carbonyl (C=O) groups is 1. The molecule has 12 nitrogen and oxygen atoms in total. The van der Waals surface area contributed by atoms with Gasteiger partial charge in [-0.05, 0) is 69.6 Å². The summed E-state index contributed by atoms with van der Waals surface area (Å²) in [4.78, 5) is 19.5. The van der Waals surface area contributed by atoms with Crippen molar-refractivity contribution in [2.75, 3.05) is 65.6 Å². The highest BCUT2D eigenvalue weighted by Gasteiger charge is 2.48. The van der Waals surface area contributed by atoms with E-state index in [1.165, 1.54) is 12.8 Å². The number of alkyl halides is 2. The van der Waals surface area contributed by atoms with Crippen LogP contribution in [-0.4, -0.2) is 166 Å². The molecule has 5 rings (SSSR count). The van der Waals surface area contributed by atoms with E-state index in [9.17, 15) is 25.2 Å². The molecule has 1 aliphatic carbocycles. The third kappa shape index (κ3) is 9.75. The van der Waals surface area contributed by atoms with Crippen LogP contribution in [0.25, 0.3) is 0 Å². The minimum absolute atomic E-state index is 0.00125. The number of piperidine rings is 2. The molecule has 7 N–H and O–H groups in total. The van der Waals surface area contributed by atoms with Crippen LogP contribution in [0.2, 0.25) is 0 Å². The molecule has 0 radical (unpaired) electrons. The summed E-state index contributed by atoms with van der Waals surface area (Å²) in [6.45, 7) is 5.77. The van der Waals surface area contributed by atoms with Gasteiger partial charge < -0.3 is 35.2 Å². The number of aliphatic hydroxyl groups is 5. The van der Waals surface area contributed by atoms with Gasteiger partial charge in [-0.3, -0.25) is 25.2 Å². The Morgan fingerprint density at radius 1 is 0.936 bits per heavy atom. The summed E-state index contributed by atoms with van der Waals surface area (Å²) in [5.41, 5.74) is -0.174. The van der Waals surface area contributed by atoms with E-state index in [1.54, 1.807) is 0 Å². The summed E-state index contributed by atoms with van der Waals surface area (Å²) < 4.78 is 21.3. The van der Waals surface area contributed by atoms with Crippen molar-refractivity contribution in [2.45, 2.75) is 125 Å². The van der Waals surface area contributed by atoms with Gasteiger partial charge >= 0.3 is 0 Å². The average Bonchev–Trinajstić information content (AvgIpc) is 3.09. The average molecular weight is 692 g/mol. The van der Waals surface area contributed by atoms with Crippen molar-refractivity contribution >= 4 is 17.5 Å². The number of hydrogen-bond donors (Lipinski definition) is 7. The number of nitrogens with zero attached hydrogens (tertiary/aromatic N) is 3. The maximum atomic E-state index is 15.2. The van der Waals surface area contributed by atoms with Crippen molar-refractivity contribution in [1.29, 1.82) is 0 Å². The minimum atomic E-state index is -1.64. The number of aliphatic hydroxyl groups excluding tert-OH is 5. The number of β-amino-alcohol motifs (C(OH)–C–C–N with tert-alkyl or cyclic N) is 1. The summed E-state index contributed by atoms with van der Waals surface area (Å²) in [7, 11) is 0. The number of ether oxygens (including phenoxy) is 1. The highest BCUT2D eigenvalue weighted by molar-refractivity contribution is 6.21. The lowest BCUT2D eigenvalue weighted by Crippen LogP contribution is -2.66. The first-order valence-corrected chi connectivity index (χ1v) is 18.5. The molecule has 1 saturated carbocycles. The quantitative estimate of drug-likeness (QED) is 0.0969. The van der Waals surface area contributed by atoms with Crippen molar-refractivity contribution in [3.05, 3.63) is 0 Å². The number of rotatable bonds is 14. The zero-order valence-electron chi connectivity index (χ0n) is 27.8. The Morgan fingerprint density at radius 3 is 2.21 bits per heavy atom. The van der Waals surface area contributed by atoms with Crippen LogP contribution in [0.3, 0.4) is 0 Å². The van der Waals surface area contributed by atoms with Crippen molar-refractivity contribution in [3.63, 3.8) is 0 Å². The number of nitrogens with one attached hydrogen (secondary N) is 2. The SMILES string of the molecule is O=C(CC1CCC(OCCCC2CCN(C3NCC(Cl)CN3)CC2)CC1F)N1CCC2(CC1)CCN2C[C@H](O)[C@@H](O)[C@H](O)[C@H](O)CO. The molecule has 0 aromatic rings. The van der Waals surface area contributed by atoms with Crippen LogP contribution in [0.4, 0.5) is 4.39 Å². The van der Waals surface area contributed by atoms with E-state index in [1.807, 2.05) is 4.90 Å². The van der Waals surface area contributed by atoms with Crippen molar-refractivity contribution in [3.8, 4) is 0 Å². The van der Waals surface area contributed by atoms with E-state index >= 15 is 4.39 Å². The van der Waals surface area contributed by atoms with Gasteiger partial charge in [0.1, 0.15) is 30.8 Å². The largest absolute Gasteiger partial charge is 0.394 e. The zero-order chi connectivity index (χ0) is 33.6. The topological polar surface area (TPSA) is 161 Å². The lowest BCUT2D eigenvalue weighted by atomic mass is 9.75. The maximum Gasteiger partial charge on any atom is 0.222 e. The Hall–Kier alpha value is -0.710. The van der Waals surface area contributed by atoms with Gasteiger partial charge in [0.15, 0.2) is 0 Å². The molecular weight excluding hydrogens is 633 g/mol. The molecular formula is C33H59ClFN5O7. The van der Waals surface area contributed by atoms with E-state index in [2.05, 4.69) is 20.4 Å². The third-order valence-corrected chi connectivity index (χ3v) is 12.1. The molecule has 4 heterocycles. The third-order valence-electron chi connectivity index (χ3n) is 11.8. The van der Waals surface area contributed by atoms with Gasteiger partial charge in [0.05, 0.1) is 24.2 Å². The summed E-state index contributed by atoms with van der Waals surface area (Å²) in [5, 5.41) is 56.3. The van der Waals surface area contributed by atoms with E-state index in [0.29, 0.717) is 38.5 Å². The van der Waals surface area contributed by atoms with Crippen LogP contribution in [0.15, 0.2) is 0 Å². The Bertz CT molecular complexity index is 968. The van der Waals surface area contributed by atoms with Gasteiger partial charge in [0.25, 0.3) is 0 Å². The van der Waals surface area contributed by atoms with Crippen LogP contribution >= 0.6 is 11.6 Å². The van der Waals surface area contributed by atoms with Crippen LogP contribution in [0, 0.1) is 11.8 Å². The lowest BCUT2D eigenvalue weighted by Gasteiger charge is -2.57. The van der Waals surface area contributed by atoms with E-state index in [4.69, 9.17) is 21.4 Å². The standard InChI is InChI=1S/C33H59ClFN5O7/c34-24-18-36-32(37-19-24)39-10-5-22(6-11-39)2-1-15-47-25-4-3-23(26(35)17-25)16-29(44)38-12-7-33(8-13-38)9-14-40(33)20-27(42)30(45)31(46)28(43)21-41/h22-28,30-32,36-37,41-43,45-46H,1-21H2/t23?,24?,25?,26?,27-,28+,30+,31+,32?/m0/s1. The first kappa shape index (κ1) is 37.5. The van der Waals surface area contributed by atoms with Gasteiger partial charge in [-0.2, -0.15) is 0 Å². The minimum Gasteiger partial charge on any atom is -0.394 e. The van der Waals surface area contributed by atoms with Crippen molar-refractivity contribution in [2.24, 2.45) is 11.8 Å². The molecule has 5 fully saturated rings. The van der Waals surface area contributed by atoms with Gasteiger partial charge in [-0.25, -0.2) is 4.39 Å². The van der Waals surface area contributed by atoms with Crippen molar-refractivity contribution in [1.82, 2.24) is 25.3 Å². The molecule has 4 saturated heterocycles.